The van der Waals surface area contributed by atoms with Crippen molar-refractivity contribution in [2.75, 3.05) is 40.9 Å². The number of phosphoric ester groups is 1. The molecule has 0 aliphatic heterocycles. The van der Waals surface area contributed by atoms with Gasteiger partial charge in [0.1, 0.15) is 13.2 Å². The van der Waals surface area contributed by atoms with Gasteiger partial charge < -0.3 is 28.8 Å². The standard InChI is InChI=1S/C40H83N2O6P/c1-6-8-9-10-11-12-13-14-15-16-17-18-19-20-21-22-23-24-25-26-27-28-29-30-31-32-33-34-39(43)38(41-40(44)7-2)37-48-49(45,46)47-36-35-42(3,4)5/h38-39,43H,6-37H2,1-5H3,(H-,41,44,45,46). The number of aliphatic hydroxyl groups is 1. The molecule has 0 rings (SSSR count). The summed E-state index contributed by atoms with van der Waals surface area (Å²) in [6.45, 7) is 4.19. The van der Waals surface area contributed by atoms with E-state index in [0.29, 0.717) is 17.4 Å². The molecule has 2 N–H and O–H groups in total. The number of amides is 1. The quantitative estimate of drug-likeness (QED) is 0.0374. The minimum absolute atomic E-state index is 0.0123. The number of rotatable bonds is 38. The van der Waals surface area contributed by atoms with Gasteiger partial charge in [0, 0.05) is 6.42 Å². The fraction of sp³-hybridized carbons (Fsp3) is 0.975. The van der Waals surface area contributed by atoms with Crippen LogP contribution in [0.3, 0.4) is 0 Å². The molecule has 0 radical (unpaired) electrons. The molecule has 49 heavy (non-hydrogen) atoms. The van der Waals surface area contributed by atoms with Gasteiger partial charge in [0.15, 0.2) is 0 Å². The van der Waals surface area contributed by atoms with Crippen molar-refractivity contribution >= 4 is 13.7 Å². The molecule has 0 fully saturated rings. The SMILES string of the molecule is CCCCCCCCCCCCCCCCCCCCCCCCCCCCCC(O)C(COP(=O)([O-])OCC[N+](C)(C)C)NC(=O)CC. The van der Waals surface area contributed by atoms with Gasteiger partial charge in [-0.2, -0.15) is 0 Å². The van der Waals surface area contributed by atoms with E-state index in [0.717, 1.165) is 19.3 Å². The molecule has 0 bridgehead atoms. The summed E-state index contributed by atoms with van der Waals surface area (Å²) in [5.74, 6) is -0.250. The topological polar surface area (TPSA) is 108 Å². The maximum atomic E-state index is 12.2. The highest BCUT2D eigenvalue weighted by molar-refractivity contribution is 7.45. The number of hydrogen-bond donors (Lipinski definition) is 2. The van der Waals surface area contributed by atoms with Gasteiger partial charge in [-0.05, 0) is 6.42 Å². The molecular weight excluding hydrogens is 635 g/mol. The highest BCUT2D eigenvalue weighted by Crippen LogP contribution is 2.38. The van der Waals surface area contributed by atoms with E-state index in [1.165, 1.54) is 154 Å². The van der Waals surface area contributed by atoms with Gasteiger partial charge in [0.05, 0.1) is 39.9 Å². The predicted octanol–water partition coefficient (Wildman–Crippen LogP) is 10.4. The van der Waals surface area contributed by atoms with Crippen molar-refractivity contribution in [2.45, 2.75) is 212 Å². The number of phosphoric acid groups is 1. The molecule has 0 aliphatic carbocycles. The second kappa shape index (κ2) is 33.3. The van der Waals surface area contributed by atoms with E-state index in [1.807, 2.05) is 21.1 Å². The molecule has 0 saturated carbocycles. The van der Waals surface area contributed by atoms with Crippen molar-refractivity contribution in [1.29, 1.82) is 0 Å². The van der Waals surface area contributed by atoms with E-state index in [-0.39, 0.29) is 25.5 Å². The number of carbonyl (C=O) groups excluding carboxylic acids is 1. The Labute approximate surface area is 304 Å². The lowest BCUT2D eigenvalue weighted by Gasteiger charge is -2.30. The molecule has 0 aromatic rings. The van der Waals surface area contributed by atoms with Gasteiger partial charge in [-0.25, -0.2) is 0 Å². The molecule has 8 nitrogen and oxygen atoms in total. The molecule has 9 heteroatoms. The van der Waals surface area contributed by atoms with Crippen LogP contribution in [0.5, 0.6) is 0 Å². The third-order valence-corrected chi connectivity index (χ3v) is 10.6. The Morgan fingerprint density at radius 2 is 0.980 bits per heavy atom. The van der Waals surface area contributed by atoms with Gasteiger partial charge in [-0.3, -0.25) is 9.36 Å². The first-order chi connectivity index (χ1) is 23.5. The lowest BCUT2D eigenvalue weighted by atomic mass is 10.0. The second-order valence-corrected chi connectivity index (χ2v) is 17.1. The van der Waals surface area contributed by atoms with Crippen LogP contribution in [0.4, 0.5) is 0 Å². The zero-order valence-electron chi connectivity index (χ0n) is 33.2. The van der Waals surface area contributed by atoms with Crippen LogP contribution in [0.1, 0.15) is 200 Å². The Morgan fingerprint density at radius 1 is 0.633 bits per heavy atom. The van der Waals surface area contributed by atoms with Gasteiger partial charge >= 0.3 is 0 Å². The minimum Gasteiger partial charge on any atom is -0.756 e. The van der Waals surface area contributed by atoms with E-state index < -0.39 is 20.0 Å². The first kappa shape index (κ1) is 48.5. The summed E-state index contributed by atoms with van der Waals surface area (Å²) in [6.07, 6.45) is 36.4. The van der Waals surface area contributed by atoms with Crippen LogP contribution in [0.25, 0.3) is 0 Å². The summed E-state index contributed by atoms with van der Waals surface area (Å²) >= 11 is 0. The number of unbranched alkanes of at least 4 members (excludes halogenated alkanes) is 26. The van der Waals surface area contributed by atoms with Crippen LogP contribution in [-0.4, -0.2) is 68.5 Å². The maximum Gasteiger partial charge on any atom is 0.268 e. The fourth-order valence-electron chi connectivity index (χ4n) is 6.24. The summed E-state index contributed by atoms with van der Waals surface area (Å²) in [7, 11) is 1.30. The summed E-state index contributed by atoms with van der Waals surface area (Å²) in [5.41, 5.74) is 0. The van der Waals surface area contributed by atoms with Crippen LogP contribution < -0.4 is 10.2 Å². The number of carbonyl (C=O) groups is 1. The lowest BCUT2D eigenvalue weighted by molar-refractivity contribution is -0.870. The van der Waals surface area contributed by atoms with Gasteiger partial charge in [0.25, 0.3) is 7.82 Å². The molecule has 0 heterocycles. The van der Waals surface area contributed by atoms with Crippen molar-refractivity contribution in [3.63, 3.8) is 0 Å². The van der Waals surface area contributed by atoms with E-state index in [1.54, 1.807) is 6.92 Å². The van der Waals surface area contributed by atoms with Crippen molar-refractivity contribution in [2.24, 2.45) is 0 Å². The largest absolute Gasteiger partial charge is 0.756 e. The lowest BCUT2D eigenvalue weighted by Crippen LogP contribution is -2.46. The van der Waals surface area contributed by atoms with Gasteiger partial charge in [0.2, 0.25) is 5.91 Å². The zero-order chi connectivity index (χ0) is 36.5. The molecule has 3 unspecified atom stereocenters. The van der Waals surface area contributed by atoms with E-state index in [2.05, 4.69) is 12.2 Å². The van der Waals surface area contributed by atoms with Crippen LogP contribution in [0, 0.1) is 0 Å². The predicted molar refractivity (Wildman–Crippen MR) is 206 cm³/mol. The molecular formula is C40H83N2O6P. The molecule has 1 amide bonds. The Balaban J connectivity index is 3.65. The van der Waals surface area contributed by atoms with E-state index in [4.69, 9.17) is 9.05 Å². The highest BCUT2D eigenvalue weighted by atomic mass is 31.2. The van der Waals surface area contributed by atoms with Crippen molar-refractivity contribution in [3.05, 3.63) is 0 Å². The van der Waals surface area contributed by atoms with Crippen molar-refractivity contribution in [1.82, 2.24) is 5.32 Å². The van der Waals surface area contributed by atoms with Crippen LogP contribution in [0.15, 0.2) is 0 Å². The Hall–Kier alpha value is -0.500. The summed E-state index contributed by atoms with van der Waals surface area (Å²) in [5, 5.41) is 13.4. The number of likely N-dealkylation sites (N-methyl/N-ethyl adjacent to an activating group) is 1. The van der Waals surface area contributed by atoms with Crippen LogP contribution >= 0.6 is 7.82 Å². The Kier molecular flexibility index (Phi) is 33.0. The first-order valence-electron chi connectivity index (χ1n) is 20.9. The van der Waals surface area contributed by atoms with Crippen LogP contribution in [0.2, 0.25) is 0 Å². The van der Waals surface area contributed by atoms with Crippen molar-refractivity contribution in [3.8, 4) is 0 Å². The second-order valence-electron chi connectivity index (χ2n) is 15.7. The van der Waals surface area contributed by atoms with E-state index >= 15 is 0 Å². The Morgan fingerprint density at radius 3 is 1.31 bits per heavy atom. The molecule has 294 valence electrons. The summed E-state index contributed by atoms with van der Waals surface area (Å²) < 4.78 is 22.7. The molecule has 0 aromatic heterocycles. The average Bonchev–Trinajstić information content (AvgIpc) is 3.05. The van der Waals surface area contributed by atoms with Crippen molar-refractivity contribution < 1.29 is 32.9 Å². The number of nitrogens with one attached hydrogen (secondary N) is 1. The molecule has 0 aliphatic rings. The summed E-state index contributed by atoms with van der Waals surface area (Å²) in [6, 6.07) is -0.791. The normalized spacial score (nSPS) is 14.5. The zero-order valence-corrected chi connectivity index (χ0v) is 34.1. The highest BCUT2D eigenvalue weighted by Gasteiger charge is 2.24. The van der Waals surface area contributed by atoms with E-state index in [9.17, 15) is 19.4 Å². The summed E-state index contributed by atoms with van der Waals surface area (Å²) in [4.78, 5) is 24.1. The third kappa shape index (κ3) is 35.7. The fourth-order valence-corrected chi connectivity index (χ4v) is 6.96. The molecule has 3 atom stereocenters. The Bertz CT molecular complexity index is 778. The maximum absolute atomic E-state index is 12.2. The van der Waals surface area contributed by atoms with Crippen LogP contribution in [-0.2, 0) is 18.4 Å². The first-order valence-corrected chi connectivity index (χ1v) is 22.3. The third-order valence-electron chi connectivity index (χ3n) is 9.66. The average molecular weight is 719 g/mol. The van der Waals surface area contributed by atoms with Gasteiger partial charge in [-0.1, -0.05) is 187 Å². The molecule has 0 spiro atoms. The number of nitrogens with zero attached hydrogens (tertiary/aromatic N) is 1. The number of quaternary nitrogens is 1. The monoisotopic (exact) mass is 719 g/mol. The molecule has 0 aromatic carbocycles. The number of aliphatic hydroxyl groups excluding tert-OH is 1. The van der Waals surface area contributed by atoms with Gasteiger partial charge in [-0.15, -0.1) is 0 Å². The smallest absolute Gasteiger partial charge is 0.268 e. The molecule has 0 saturated heterocycles. The minimum atomic E-state index is -4.52. The number of hydrogen-bond acceptors (Lipinski definition) is 6.